The van der Waals surface area contributed by atoms with Crippen LogP contribution in [0.15, 0.2) is 12.1 Å². The molecule has 8 heteroatoms. The molecular weight excluding hydrogens is 294 g/mol. The minimum atomic E-state index is -1.72. The Bertz CT molecular complexity index is 524. The van der Waals surface area contributed by atoms with Crippen LogP contribution >= 0.6 is 0 Å². The highest BCUT2D eigenvalue weighted by Crippen LogP contribution is 2.35. The Balaban J connectivity index is 2.25. The molecule has 1 aliphatic rings. The fraction of sp³-hybridized carbons (Fsp3) is 0.571. The van der Waals surface area contributed by atoms with Gasteiger partial charge in [0.2, 0.25) is 0 Å². The van der Waals surface area contributed by atoms with E-state index in [1.165, 1.54) is 12.1 Å². The monoisotopic (exact) mass is 315 g/mol. The van der Waals surface area contributed by atoms with E-state index in [4.69, 9.17) is 5.11 Å². The van der Waals surface area contributed by atoms with Gasteiger partial charge in [0.25, 0.3) is 0 Å². The van der Waals surface area contributed by atoms with Crippen molar-refractivity contribution in [1.82, 2.24) is 5.32 Å². The summed E-state index contributed by atoms with van der Waals surface area (Å²) in [6, 6.07) is 1.87. The molecule has 0 aliphatic carbocycles. The lowest BCUT2D eigenvalue weighted by Gasteiger charge is -2.35. The van der Waals surface area contributed by atoms with Crippen molar-refractivity contribution in [2.75, 3.05) is 13.2 Å². The van der Waals surface area contributed by atoms with Gasteiger partial charge in [-0.3, -0.25) is 0 Å². The topological polar surface area (TPSA) is 154 Å². The zero-order chi connectivity index (χ0) is 16.4. The number of hydrogen-bond donors (Lipinski definition) is 8. The molecule has 1 aromatic rings. The Morgan fingerprint density at radius 3 is 2.32 bits per heavy atom. The molecule has 0 fully saturated rings. The van der Waals surface area contributed by atoms with E-state index in [2.05, 4.69) is 5.32 Å². The van der Waals surface area contributed by atoms with Gasteiger partial charge in [0.05, 0.1) is 12.6 Å². The summed E-state index contributed by atoms with van der Waals surface area (Å²) in [5.74, 6) is -0.629. The molecule has 0 saturated carbocycles. The van der Waals surface area contributed by atoms with Crippen LogP contribution in [0.1, 0.15) is 17.2 Å². The van der Waals surface area contributed by atoms with Crippen molar-refractivity contribution in [3.05, 3.63) is 23.3 Å². The lowest BCUT2D eigenvalue weighted by atomic mass is 9.87. The third-order valence-electron chi connectivity index (χ3n) is 3.95. The number of nitrogens with one attached hydrogen (secondary N) is 1. The third-order valence-corrected chi connectivity index (χ3v) is 3.95. The number of hydrogen-bond acceptors (Lipinski definition) is 8. The first-order valence-electron chi connectivity index (χ1n) is 6.98. The molecule has 8 N–H and O–H groups in total. The van der Waals surface area contributed by atoms with Gasteiger partial charge in [-0.15, -0.1) is 0 Å². The molecule has 1 heterocycles. The molecule has 0 spiro atoms. The predicted octanol–water partition coefficient (Wildman–Crippen LogP) is -2.28. The average molecular weight is 315 g/mol. The zero-order valence-corrected chi connectivity index (χ0v) is 11.8. The van der Waals surface area contributed by atoms with Crippen LogP contribution in [0.2, 0.25) is 0 Å². The summed E-state index contributed by atoms with van der Waals surface area (Å²) >= 11 is 0. The lowest BCUT2D eigenvalue weighted by molar-refractivity contribution is -0.122. The predicted molar refractivity (Wildman–Crippen MR) is 75.3 cm³/mol. The summed E-state index contributed by atoms with van der Waals surface area (Å²) in [4.78, 5) is 0. The summed E-state index contributed by atoms with van der Waals surface area (Å²) in [6.45, 7) is -0.293. The van der Waals surface area contributed by atoms with Crippen LogP contribution in [0, 0.1) is 0 Å². The SMILES string of the molecule is OC[C@@H](O)[C@@H](O)[C@H](O)[C@@H](O)[C@@H]1NCCc2cc(O)c(O)cc21. The van der Waals surface area contributed by atoms with E-state index in [1.807, 2.05) is 0 Å². The van der Waals surface area contributed by atoms with Crippen molar-refractivity contribution in [3.8, 4) is 11.5 Å². The van der Waals surface area contributed by atoms with E-state index >= 15 is 0 Å². The number of aliphatic hydroxyl groups excluding tert-OH is 5. The Morgan fingerprint density at radius 2 is 1.68 bits per heavy atom. The summed E-state index contributed by atoms with van der Waals surface area (Å²) in [5, 5.41) is 70.1. The van der Waals surface area contributed by atoms with Gasteiger partial charge >= 0.3 is 0 Å². The van der Waals surface area contributed by atoms with Crippen molar-refractivity contribution in [1.29, 1.82) is 0 Å². The molecule has 1 aliphatic heterocycles. The molecule has 22 heavy (non-hydrogen) atoms. The number of benzene rings is 1. The quantitative estimate of drug-likeness (QED) is 0.283. The van der Waals surface area contributed by atoms with E-state index < -0.39 is 37.1 Å². The van der Waals surface area contributed by atoms with Gasteiger partial charge in [0.15, 0.2) is 11.5 Å². The number of aliphatic hydroxyl groups is 5. The fourth-order valence-corrected chi connectivity index (χ4v) is 2.65. The highest BCUT2D eigenvalue weighted by Gasteiger charge is 2.37. The number of aromatic hydroxyl groups is 2. The van der Waals surface area contributed by atoms with Crippen LogP contribution in [0.3, 0.4) is 0 Å². The van der Waals surface area contributed by atoms with Gasteiger partial charge < -0.3 is 41.1 Å². The molecule has 0 unspecified atom stereocenters. The number of rotatable bonds is 5. The first-order chi connectivity index (χ1) is 10.4. The van der Waals surface area contributed by atoms with Crippen LogP contribution in [-0.4, -0.2) is 73.3 Å². The van der Waals surface area contributed by atoms with Gasteiger partial charge in [-0.05, 0) is 36.2 Å². The molecule has 0 radical (unpaired) electrons. The second kappa shape index (κ2) is 6.78. The van der Waals surface area contributed by atoms with E-state index in [0.717, 1.165) is 0 Å². The van der Waals surface area contributed by atoms with E-state index in [9.17, 15) is 30.6 Å². The second-order valence-electron chi connectivity index (χ2n) is 5.44. The molecular formula is C14H21NO7. The largest absolute Gasteiger partial charge is 0.504 e. The molecule has 124 valence electrons. The number of phenolic OH excluding ortho intramolecular Hbond substituents is 2. The maximum atomic E-state index is 10.3. The van der Waals surface area contributed by atoms with E-state index in [1.54, 1.807) is 0 Å². The van der Waals surface area contributed by atoms with Crippen molar-refractivity contribution in [2.45, 2.75) is 36.9 Å². The summed E-state index contributed by atoms with van der Waals surface area (Å²) in [5.41, 5.74) is 1.18. The number of fused-ring (bicyclic) bond motifs is 1. The maximum Gasteiger partial charge on any atom is 0.157 e. The van der Waals surface area contributed by atoms with Gasteiger partial charge in [0.1, 0.15) is 24.4 Å². The minimum absolute atomic E-state index is 0.273. The molecule has 0 bridgehead atoms. The van der Waals surface area contributed by atoms with Crippen molar-refractivity contribution in [3.63, 3.8) is 0 Å². The van der Waals surface area contributed by atoms with Crippen LogP contribution in [0.5, 0.6) is 11.5 Å². The van der Waals surface area contributed by atoms with Crippen molar-refractivity contribution >= 4 is 0 Å². The molecule has 8 nitrogen and oxygen atoms in total. The first-order valence-corrected chi connectivity index (χ1v) is 6.98. The summed E-state index contributed by atoms with van der Waals surface area (Å²) < 4.78 is 0. The van der Waals surface area contributed by atoms with Crippen LogP contribution in [0.4, 0.5) is 0 Å². The molecule has 5 atom stereocenters. The summed E-state index contributed by atoms with van der Waals surface area (Å²) in [6.07, 6.45) is -5.94. The average Bonchev–Trinajstić information content (AvgIpc) is 2.52. The Morgan fingerprint density at radius 1 is 1.05 bits per heavy atom. The molecule has 0 saturated heterocycles. The molecule has 0 amide bonds. The van der Waals surface area contributed by atoms with Crippen LogP contribution in [0.25, 0.3) is 0 Å². The molecule has 1 aromatic carbocycles. The smallest absolute Gasteiger partial charge is 0.157 e. The Labute approximate surface area is 126 Å². The highest BCUT2D eigenvalue weighted by atomic mass is 16.4. The van der Waals surface area contributed by atoms with E-state index in [0.29, 0.717) is 24.1 Å². The maximum absolute atomic E-state index is 10.3. The minimum Gasteiger partial charge on any atom is -0.504 e. The standard InChI is InChI=1S/C14H21NO7/c16-5-10(19)12(20)14(22)13(21)11-7-4-9(18)8(17)3-6(7)1-2-15-11/h3-4,10-22H,1-2,5H2/t10-,11-,12-,13+,14+/m1/s1. The normalized spacial score (nSPS) is 23.4. The highest BCUT2D eigenvalue weighted by molar-refractivity contribution is 5.48. The first kappa shape index (κ1) is 16.9. The van der Waals surface area contributed by atoms with Crippen LogP contribution < -0.4 is 5.32 Å². The lowest BCUT2D eigenvalue weighted by Crippen LogP contribution is -2.51. The molecule has 0 aromatic heterocycles. The Kier molecular flexibility index (Phi) is 5.22. The van der Waals surface area contributed by atoms with Crippen molar-refractivity contribution in [2.24, 2.45) is 0 Å². The van der Waals surface area contributed by atoms with Crippen LogP contribution in [-0.2, 0) is 6.42 Å². The van der Waals surface area contributed by atoms with Gasteiger partial charge in [-0.1, -0.05) is 0 Å². The second-order valence-corrected chi connectivity index (χ2v) is 5.44. The zero-order valence-electron chi connectivity index (χ0n) is 11.8. The fourth-order valence-electron chi connectivity index (χ4n) is 2.65. The van der Waals surface area contributed by atoms with Gasteiger partial charge in [-0.25, -0.2) is 0 Å². The van der Waals surface area contributed by atoms with Crippen molar-refractivity contribution < 1.29 is 35.7 Å². The van der Waals surface area contributed by atoms with Gasteiger partial charge in [-0.2, -0.15) is 0 Å². The molecule has 2 rings (SSSR count). The summed E-state index contributed by atoms with van der Waals surface area (Å²) in [7, 11) is 0. The Hall–Kier alpha value is -1.42. The third kappa shape index (κ3) is 3.17. The van der Waals surface area contributed by atoms with E-state index in [-0.39, 0.29) is 11.5 Å². The van der Waals surface area contributed by atoms with Gasteiger partial charge in [0, 0.05) is 0 Å². The number of phenols is 2.